The molecule has 0 aliphatic heterocycles. The number of aromatic nitrogens is 1. The second-order valence-corrected chi connectivity index (χ2v) is 8.59. The van der Waals surface area contributed by atoms with E-state index in [-0.39, 0.29) is 20.1 Å². The Bertz CT molecular complexity index is 905. The Hall–Kier alpha value is -1.50. The number of hydrogen-bond donors (Lipinski definition) is 0. The Morgan fingerprint density at radius 3 is 2.00 bits per heavy atom. The van der Waals surface area contributed by atoms with Crippen molar-refractivity contribution >= 4 is 10.9 Å². The number of rotatable bonds is 5. The minimum Gasteiger partial charge on any atom is -0.248 e. The van der Waals surface area contributed by atoms with Crippen LogP contribution >= 0.6 is 0 Å². The fourth-order valence-electron chi connectivity index (χ4n) is 3.86. The molecule has 0 aliphatic rings. The van der Waals surface area contributed by atoms with E-state index in [0.29, 0.717) is 11.8 Å². The quantitative estimate of drug-likeness (QED) is 0.345. The molecule has 3 aromatic rings. The number of fused-ring (bicyclic) bond motifs is 1. The minimum atomic E-state index is 0. The zero-order chi connectivity index (χ0) is 18.8. The summed E-state index contributed by atoms with van der Waals surface area (Å²) in [5.41, 5.74) is 8.84. The minimum absolute atomic E-state index is 0. The predicted octanol–water partition coefficient (Wildman–Crippen LogP) is 6.91. The van der Waals surface area contributed by atoms with E-state index in [1.165, 1.54) is 33.2 Å². The van der Waals surface area contributed by atoms with Gasteiger partial charge in [-0.1, -0.05) is 57.0 Å². The van der Waals surface area contributed by atoms with E-state index in [9.17, 15) is 0 Å². The van der Waals surface area contributed by atoms with Gasteiger partial charge in [0.25, 0.3) is 0 Å². The maximum Gasteiger partial charge on any atom is 0.0715 e. The zero-order valence-electron chi connectivity index (χ0n) is 17.4. The number of aryl methyl sites for hydroxylation is 2. The summed E-state index contributed by atoms with van der Waals surface area (Å²) in [6.07, 6.45) is 2.21. The van der Waals surface area contributed by atoms with Crippen LogP contribution in [0.2, 0.25) is 0 Å². The van der Waals surface area contributed by atoms with Crippen LogP contribution in [-0.2, 0) is 32.9 Å². The van der Waals surface area contributed by atoms with E-state index in [2.05, 4.69) is 84.0 Å². The summed E-state index contributed by atoms with van der Waals surface area (Å²) in [6, 6.07) is 15.8. The van der Waals surface area contributed by atoms with Crippen LogP contribution < -0.4 is 0 Å². The molecule has 0 saturated carbocycles. The molecular weight excluding hydrogens is 506 g/mol. The molecule has 1 heterocycles. The molecule has 1 nitrogen and oxygen atoms in total. The smallest absolute Gasteiger partial charge is 0.0715 e. The van der Waals surface area contributed by atoms with Crippen LogP contribution in [0.5, 0.6) is 0 Å². The van der Waals surface area contributed by atoms with Crippen molar-refractivity contribution in [2.24, 2.45) is 11.8 Å². The topological polar surface area (TPSA) is 12.9 Å². The van der Waals surface area contributed by atoms with Gasteiger partial charge >= 0.3 is 0 Å². The Kier molecular flexibility index (Phi) is 7.37. The zero-order valence-corrected chi connectivity index (χ0v) is 19.8. The van der Waals surface area contributed by atoms with Gasteiger partial charge in [-0.25, -0.2) is 4.98 Å². The standard InChI is InChI=1S/C25H31N.Ir/c1-16(2)9-20-14-21(10-17(3)4)23-7-8-24(26-25(23)15-20)22-12-18(5)11-19(6)13-22;/h7-8,11-17H,9-10H2,1-6H3;. The first-order valence-electron chi connectivity index (χ1n) is 9.83. The summed E-state index contributed by atoms with van der Waals surface area (Å²) >= 11 is 0. The Labute approximate surface area is 178 Å². The predicted molar refractivity (Wildman–Crippen MR) is 114 cm³/mol. The molecule has 2 heteroatoms. The molecule has 0 spiro atoms. The third kappa shape index (κ3) is 5.50. The molecule has 1 radical (unpaired) electrons. The fourth-order valence-corrected chi connectivity index (χ4v) is 3.86. The molecule has 3 rings (SSSR count). The van der Waals surface area contributed by atoms with Gasteiger partial charge in [0.15, 0.2) is 0 Å². The van der Waals surface area contributed by atoms with Gasteiger partial charge < -0.3 is 0 Å². The molecule has 0 atom stereocenters. The van der Waals surface area contributed by atoms with Crippen molar-refractivity contribution in [2.45, 2.75) is 54.4 Å². The number of hydrogen-bond acceptors (Lipinski definition) is 1. The molecule has 0 fully saturated rings. The van der Waals surface area contributed by atoms with Crippen LogP contribution in [0, 0.1) is 25.7 Å². The molecule has 0 amide bonds. The average Bonchev–Trinajstić information content (AvgIpc) is 2.52. The molecular formula is C25H31IrN. The van der Waals surface area contributed by atoms with E-state index < -0.39 is 0 Å². The second kappa shape index (κ2) is 9.13. The van der Waals surface area contributed by atoms with Gasteiger partial charge in [-0.15, -0.1) is 0 Å². The van der Waals surface area contributed by atoms with E-state index in [0.717, 1.165) is 24.1 Å². The summed E-state index contributed by atoms with van der Waals surface area (Å²) < 4.78 is 0. The Balaban J connectivity index is 0.00000261. The second-order valence-electron chi connectivity index (χ2n) is 8.59. The maximum absolute atomic E-state index is 5.06. The van der Waals surface area contributed by atoms with Gasteiger partial charge in [0.05, 0.1) is 11.2 Å². The van der Waals surface area contributed by atoms with Gasteiger partial charge in [-0.2, -0.15) is 0 Å². The first-order chi connectivity index (χ1) is 12.3. The summed E-state index contributed by atoms with van der Waals surface area (Å²) in [5, 5.41) is 1.30. The van der Waals surface area contributed by atoms with E-state index in [1.807, 2.05) is 0 Å². The third-order valence-electron chi connectivity index (χ3n) is 4.74. The van der Waals surface area contributed by atoms with Crippen LogP contribution in [-0.4, -0.2) is 4.98 Å². The van der Waals surface area contributed by atoms with Crippen molar-refractivity contribution in [3.63, 3.8) is 0 Å². The number of nitrogens with zero attached hydrogens (tertiary/aromatic N) is 1. The van der Waals surface area contributed by atoms with Gasteiger partial charge in [0, 0.05) is 31.1 Å². The van der Waals surface area contributed by atoms with Gasteiger partial charge in [0.2, 0.25) is 0 Å². The first-order valence-corrected chi connectivity index (χ1v) is 9.83. The van der Waals surface area contributed by atoms with Gasteiger partial charge in [0.1, 0.15) is 0 Å². The van der Waals surface area contributed by atoms with Crippen LogP contribution in [0.3, 0.4) is 0 Å². The monoisotopic (exact) mass is 538 g/mol. The van der Waals surface area contributed by atoms with E-state index in [1.54, 1.807) is 0 Å². The van der Waals surface area contributed by atoms with Gasteiger partial charge in [-0.3, -0.25) is 0 Å². The molecule has 2 aromatic carbocycles. The van der Waals surface area contributed by atoms with Gasteiger partial charge in [-0.05, 0) is 73.9 Å². The number of benzene rings is 2. The Morgan fingerprint density at radius 1 is 0.778 bits per heavy atom. The summed E-state index contributed by atoms with van der Waals surface area (Å²) in [5.74, 6) is 1.30. The average molecular weight is 538 g/mol. The molecule has 27 heavy (non-hydrogen) atoms. The molecule has 0 N–H and O–H groups in total. The van der Waals surface area contributed by atoms with E-state index >= 15 is 0 Å². The normalized spacial score (nSPS) is 11.3. The Morgan fingerprint density at radius 2 is 1.41 bits per heavy atom. The third-order valence-corrected chi connectivity index (χ3v) is 4.74. The molecule has 145 valence electrons. The molecule has 0 unspecified atom stereocenters. The molecule has 0 saturated heterocycles. The first kappa shape index (κ1) is 21.8. The van der Waals surface area contributed by atoms with Crippen LogP contribution in [0.1, 0.15) is 49.9 Å². The summed E-state index contributed by atoms with van der Waals surface area (Å²) in [6.45, 7) is 13.5. The van der Waals surface area contributed by atoms with Crippen LogP contribution in [0.15, 0.2) is 42.5 Å². The van der Waals surface area contributed by atoms with Crippen molar-refractivity contribution < 1.29 is 20.1 Å². The summed E-state index contributed by atoms with van der Waals surface area (Å²) in [4.78, 5) is 5.06. The van der Waals surface area contributed by atoms with Crippen molar-refractivity contribution in [1.82, 2.24) is 4.98 Å². The number of pyridine rings is 1. The fraction of sp³-hybridized carbons (Fsp3) is 0.400. The molecule has 0 bridgehead atoms. The summed E-state index contributed by atoms with van der Waals surface area (Å²) in [7, 11) is 0. The van der Waals surface area contributed by atoms with Crippen molar-refractivity contribution in [3.05, 3.63) is 64.7 Å². The molecule has 0 aliphatic carbocycles. The SMILES string of the molecule is Cc1cc(C)cc(-c2ccc3c(CC(C)C)cc(CC(C)C)cc3n2)c1.[Ir]. The van der Waals surface area contributed by atoms with Crippen LogP contribution in [0.4, 0.5) is 0 Å². The van der Waals surface area contributed by atoms with E-state index in [4.69, 9.17) is 4.98 Å². The van der Waals surface area contributed by atoms with Crippen molar-refractivity contribution in [1.29, 1.82) is 0 Å². The van der Waals surface area contributed by atoms with Crippen molar-refractivity contribution in [2.75, 3.05) is 0 Å². The maximum atomic E-state index is 5.06. The van der Waals surface area contributed by atoms with Crippen molar-refractivity contribution in [3.8, 4) is 11.3 Å². The molecule has 1 aromatic heterocycles. The largest absolute Gasteiger partial charge is 0.248 e. The van der Waals surface area contributed by atoms with Crippen LogP contribution in [0.25, 0.3) is 22.2 Å².